The van der Waals surface area contributed by atoms with Crippen LogP contribution in [0, 0.1) is 0 Å². The number of sulfone groups is 1. The number of hydrogen-bond donors (Lipinski definition) is 1. The molecule has 0 spiro atoms. The molecule has 2 N–H and O–H groups in total. The molecule has 92 valence electrons. The second-order valence-electron chi connectivity index (χ2n) is 3.08. The van der Waals surface area contributed by atoms with Crippen LogP contribution >= 0.6 is 11.3 Å². The van der Waals surface area contributed by atoms with Gasteiger partial charge in [0, 0.05) is 0 Å². The highest BCUT2D eigenvalue weighted by Gasteiger charge is 2.48. The van der Waals surface area contributed by atoms with Crippen molar-refractivity contribution in [1.29, 1.82) is 0 Å². The molecule has 0 bridgehead atoms. The lowest BCUT2D eigenvalue weighted by Gasteiger charge is -2.18. The summed E-state index contributed by atoms with van der Waals surface area (Å²) in [7, 11) is -4.36. The zero-order valence-electron chi connectivity index (χ0n) is 8.07. The molecule has 1 aromatic heterocycles. The Balaban J connectivity index is 3.13. The summed E-state index contributed by atoms with van der Waals surface area (Å²) in [6, 6.07) is 2.56. The fourth-order valence-corrected chi connectivity index (χ4v) is 4.06. The Hall–Kier alpha value is -0.600. The lowest BCUT2D eigenvalue weighted by molar-refractivity contribution is -0.131. The third-order valence-corrected chi connectivity index (χ3v) is 5.54. The van der Waals surface area contributed by atoms with E-state index in [9.17, 15) is 21.6 Å². The maximum absolute atomic E-state index is 12.6. The SMILES string of the molecule is NCCC(C(F)(F)F)S(=O)(=O)c1cccs1. The maximum atomic E-state index is 12.6. The zero-order valence-corrected chi connectivity index (χ0v) is 9.70. The number of hydrogen-bond acceptors (Lipinski definition) is 4. The van der Waals surface area contributed by atoms with Crippen LogP contribution in [0.3, 0.4) is 0 Å². The summed E-state index contributed by atoms with van der Waals surface area (Å²) in [5, 5.41) is -0.994. The lowest BCUT2D eigenvalue weighted by atomic mass is 10.3. The largest absolute Gasteiger partial charge is 0.405 e. The molecule has 1 heterocycles. The Morgan fingerprint density at radius 1 is 1.44 bits per heavy atom. The Morgan fingerprint density at radius 3 is 2.44 bits per heavy atom. The number of halogens is 3. The Bertz CT molecular complexity index is 425. The van der Waals surface area contributed by atoms with Gasteiger partial charge in [-0.2, -0.15) is 13.2 Å². The monoisotopic (exact) mass is 273 g/mol. The summed E-state index contributed by atoms with van der Waals surface area (Å²) in [5.74, 6) is 0. The van der Waals surface area contributed by atoms with Crippen molar-refractivity contribution in [3.63, 3.8) is 0 Å². The zero-order chi connectivity index (χ0) is 12.4. The Morgan fingerprint density at radius 2 is 2.06 bits per heavy atom. The standard InChI is InChI=1S/C8H10F3NO2S2/c9-8(10,11)6(3-4-12)16(13,14)7-2-1-5-15-7/h1-2,5-6H,3-4,12H2. The van der Waals surface area contributed by atoms with Gasteiger partial charge in [0.25, 0.3) is 0 Å². The first-order chi connectivity index (χ1) is 7.30. The van der Waals surface area contributed by atoms with Gasteiger partial charge in [0.2, 0.25) is 0 Å². The lowest BCUT2D eigenvalue weighted by Crippen LogP contribution is -2.38. The Labute approximate surface area is 95.0 Å². The van der Waals surface area contributed by atoms with Crippen molar-refractivity contribution in [3.05, 3.63) is 17.5 Å². The van der Waals surface area contributed by atoms with E-state index >= 15 is 0 Å². The van der Waals surface area contributed by atoms with Gasteiger partial charge in [0.1, 0.15) is 4.21 Å². The average Bonchev–Trinajstić information content (AvgIpc) is 2.64. The molecule has 0 aliphatic heterocycles. The number of rotatable bonds is 4. The summed E-state index contributed by atoms with van der Waals surface area (Å²) in [4.78, 5) is 0. The van der Waals surface area contributed by atoms with Gasteiger partial charge in [0.15, 0.2) is 15.1 Å². The molecule has 0 fully saturated rings. The summed E-state index contributed by atoms with van der Waals surface area (Å²) < 4.78 is 60.7. The predicted octanol–water partition coefficient (Wildman–Crippen LogP) is 1.80. The first-order valence-electron chi connectivity index (χ1n) is 4.34. The summed E-state index contributed by atoms with van der Waals surface area (Å²) in [6.07, 6.45) is -5.41. The topological polar surface area (TPSA) is 60.2 Å². The van der Waals surface area contributed by atoms with Gasteiger partial charge in [-0.1, -0.05) is 6.07 Å². The molecule has 0 saturated heterocycles. The van der Waals surface area contributed by atoms with E-state index < -0.39 is 27.7 Å². The highest BCUT2D eigenvalue weighted by Crippen LogP contribution is 2.33. The van der Waals surface area contributed by atoms with Crippen LogP contribution in [0.25, 0.3) is 0 Å². The van der Waals surface area contributed by atoms with Crippen molar-refractivity contribution in [3.8, 4) is 0 Å². The number of thiophene rings is 1. The van der Waals surface area contributed by atoms with Gasteiger partial charge in [0.05, 0.1) is 0 Å². The van der Waals surface area contributed by atoms with Gasteiger partial charge in [-0.3, -0.25) is 0 Å². The fourth-order valence-electron chi connectivity index (χ4n) is 1.21. The molecule has 0 radical (unpaired) electrons. The molecular weight excluding hydrogens is 263 g/mol. The first-order valence-corrected chi connectivity index (χ1v) is 6.77. The van der Waals surface area contributed by atoms with Crippen LogP contribution in [0.15, 0.2) is 21.7 Å². The minimum absolute atomic E-state index is 0.275. The minimum atomic E-state index is -4.79. The van der Waals surface area contributed by atoms with Crippen LogP contribution in [0.4, 0.5) is 13.2 Å². The molecule has 1 atom stereocenters. The molecule has 1 rings (SSSR count). The molecule has 1 unspecified atom stereocenters. The van der Waals surface area contributed by atoms with Gasteiger partial charge in [-0.05, 0) is 24.4 Å². The van der Waals surface area contributed by atoms with Crippen LogP contribution in [-0.2, 0) is 9.84 Å². The molecule has 0 saturated carbocycles. The van der Waals surface area contributed by atoms with E-state index in [2.05, 4.69) is 0 Å². The first kappa shape index (κ1) is 13.5. The van der Waals surface area contributed by atoms with Gasteiger partial charge >= 0.3 is 6.18 Å². The van der Waals surface area contributed by atoms with E-state index in [-0.39, 0.29) is 10.8 Å². The highest BCUT2D eigenvalue weighted by atomic mass is 32.2. The molecule has 1 aromatic rings. The third kappa shape index (κ3) is 2.74. The van der Waals surface area contributed by atoms with Crippen LogP contribution in [0.1, 0.15) is 6.42 Å². The number of nitrogens with two attached hydrogens (primary N) is 1. The molecule has 0 amide bonds. The second-order valence-corrected chi connectivity index (χ2v) is 6.39. The van der Waals surface area contributed by atoms with Crippen molar-refractivity contribution in [2.75, 3.05) is 6.54 Å². The highest BCUT2D eigenvalue weighted by molar-refractivity contribution is 7.94. The quantitative estimate of drug-likeness (QED) is 0.910. The summed E-state index contributed by atoms with van der Waals surface area (Å²) in [5.41, 5.74) is 5.02. The average molecular weight is 273 g/mol. The van der Waals surface area contributed by atoms with Gasteiger partial charge in [-0.15, -0.1) is 11.3 Å². The molecule has 3 nitrogen and oxygen atoms in total. The van der Waals surface area contributed by atoms with Crippen LogP contribution in [0.2, 0.25) is 0 Å². The van der Waals surface area contributed by atoms with Crippen LogP contribution < -0.4 is 5.73 Å². The molecule has 16 heavy (non-hydrogen) atoms. The van der Waals surface area contributed by atoms with E-state index in [1.165, 1.54) is 11.4 Å². The summed E-state index contributed by atoms with van der Waals surface area (Å²) >= 11 is 0.771. The third-order valence-electron chi connectivity index (χ3n) is 1.94. The number of alkyl halides is 3. The van der Waals surface area contributed by atoms with Crippen molar-refractivity contribution in [1.82, 2.24) is 0 Å². The van der Waals surface area contributed by atoms with E-state index in [1.807, 2.05) is 0 Å². The molecule has 0 aliphatic rings. The van der Waals surface area contributed by atoms with E-state index in [1.54, 1.807) is 0 Å². The van der Waals surface area contributed by atoms with Gasteiger partial charge < -0.3 is 5.73 Å². The van der Waals surface area contributed by atoms with E-state index in [4.69, 9.17) is 5.73 Å². The second kappa shape index (κ2) is 4.72. The molecular formula is C8H10F3NO2S2. The molecule has 0 aromatic carbocycles. The summed E-state index contributed by atoms with van der Waals surface area (Å²) in [6.45, 7) is -0.325. The smallest absolute Gasteiger partial charge is 0.330 e. The molecule has 0 aliphatic carbocycles. The van der Waals surface area contributed by atoms with Crippen molar-refractivity contribution in [2.24, 2.45) is 5.73 Å². The Kier molecular flexibility index (Phi) is 3.97. The van der Waals surface area contributed by atoms with Gasteiger partial charge in [-0.25, -0.2) is 8.42 Å². The van der Waals surface area contributed by atoms with Crippen LogP contribution in [0.5, 0.6) is 0 Å². The normalized spacial score (nSPS) is 15.0. The molecule has 8 heteroatoms. The minimum Gasteiger partial charge on any atom is -0.330 e. The van der Waals surface area contributed by atoms with Crippen molar-refractivity contribution in [2.45, 2.75) is 22.1 Å². The maximum Gasteiger partial charge on any atom is 0.405 e. The van der Waals surface area contributed by atoms with Crippen molar-refractivity contribution < 1.29 is 21.6 Å². The fraction of sp³-hybridized carbons (Fsp3) is 0.500. The van der Waals surface area contributed by atoms with E-state index in [0.29, 0.717) is 0 Å². The predicted molar refractivity (Wildman–Crippen MR) is 55.0 cm³/mol. The van der Waals surface area contributed by atoms with Crippen molar-refractivity contribution >= 4 is 21.2 Å². The van der Waals surface area contributed by atoms with E-state index in [0.717, 1.165) is 17.4 Å². The van der Waals surface area contributed by atoms with Crippen LogP contribution in [-0.4, -0.2) is 26.4 Å².